The molecule has 0 saturated heterocycles. The number of nitrogens with one attached hydrogen (secondary N) is 1. The topological polar surface area (TPSA) is 24.4 Å². The summed E-state index contributed by atoms with van der Waals surface area (Å²) in [4.78, 5) is 1.16. The molecule has 1 N–H and O–H groups in total. The molecule has 19 heavy (non-hydrogen) atoms. The average molecular weight is 332 g/mol. The number of rotatable bonds is 2. The first-order chi connectivity index (χ1) is 9.15. The van der Waals surface area contributed by atoms with Crippen molar-refractivity contribution in [1.82, 2.24) is 5.43 Å². The molecule has 3 rings (SSSR count). The van der Waals surface area contributed by atoms with Crippen molar-refractivity contribution in [2.45, 2.75) is 12.5 Å². The van der Waals surface area contributed by atoms with Gasteiger partial charge in [0.25, 0.3) is 0 Å². The van der Waals surface area contributed by atoms with Crippen molar-refractivity contribution < 1.29 is 0 Å². The highest BCUT2D eigenvalue weighted by Gasteiger charge is 2.25. The fourth-order valence-electron chi connectivity index (χ4n) is 2.09. The number of hydrogen-bond acceptors (Lipinski definition) is 3. The normalized spacial score (nSPS) is 18.3. The molecule has 2 aromatic rings. The summed E-state index contributed by atoms with van der Waals surface area (Å²) in [5.41, 5.74) is 4.97. The third-order valence-corrected chi connectivity index (χ3v) is 4.71. The quantitative estimate of drug-likeness (QED) is 0.809. The number of nitrogens with zero attached hydrogens (tertiary/aromatic N) is 1. The van der Waals surface area contributed by atoms with Crippen molar-refractivity contribution in [3.63, 3.8) is 0 Å². The largest absolute Gasteiger partial charge is 0.302 e. The SMILES string of the molecule is Clc1cc(Cl)c(C2CC(c3cccs3)=NN2)c(Cl)c1. The number of thiophene rings is 1. The molecule has 0 saturated carbocycles. The van der Waals surface area contributed by atoms with E-state index in [0.717, 1.165) is 22.6 Å². The molecule has 2 heterocycles. The summed E-state index contributed by atoms with van der Waals surface area (Å²) in [6.07, 6.45) is 0.765. The van der Waals surface area contributed by atoms with Crippen molar-refractivity contribution in [2.24, 2.45) is 5.10 Å². The Labute approximate surface area is 130 Å². The van der Waals surface area contributed by atoms with Gasteiger partial charge in [0.05, 0.1) is 16.6 Å². The van der Waals surface area contributed by atoms with E-state index in [1.165, 1.54) is 0 Å². The zero-order chi connectivity index (χ0) is 13.4. The van der Waals surface area contributed by atoms with Gasteiger partial charge >= 0.3 is 0 Å². The van der Waals surface area contributed by atoms with E-state index >= 15 is 0 Å². The number of benzene rings is 1. The Kier molecular flexibility index (Phi) is 3.72. The Morgan fingerprint density at radius 1 is 1.21 bits per heavy atom. The third-order valence-electron chi connectivity index (χ3n) is 2.95. The van der Waals surface area contributed by atoms with Gasteiger partial charge in [0.1, 0.15) is 0 Å². The van der Waals surface area contributed by atoms with Crippen LogP contribution in [0.15, 0.2) is 34.7 Å². The molecule has 1 aromatic carbocycles. The molecule has 0 bridgehead atoms. The summed E-state index contributed by atoms with van der Waals surface area (Å²) in [6, 6.07) is 7.47. The van der Waals surface area contributed by atoms with Gasteiger partial charge in [-0.15, -0.1) is 11.3 Å². The Hall–Kier alpha value is -0.740. The monoisotopic (exact) mass is 330 g/mol. The van der Waals surface area contributed by atoms with Crippen LogP contribution in [0.25, 0.3) is 0 Å². The van der Waals surface area contributed by atoms with Crippen LogP contribution in [-0.2, 0) is 0 Å². The van der Waals surface area contributed by atoms with Crippen LogP contribution in [0.1, 0.15) is 22.9 Å². The van der Waals surface area contributed by atoms with Crippen molar-refractivity contribution in [1.29, 1.82) is 0 Å². The molecule has 1 aliphatic heterocycles. The molecule has 1 atom stereocenters. The van der Waals surface area contributed by atoms with E-state index in [9.17, 15) is 0 Å². The zero-order valence-electron chi connectivity index (χ0n) is 9.66. The van der Waals surface area contributed by atoms with E-state index in [1.54, 1.807) is 23.5 Å². The molecular weight excluding hydrogens is 323 g/mol. The summed E-state index contributed by atoms with van der Waals surface area (Å²) in [5, 5.41) is 8.08. The van der Waals surface area contributed by atoms with Crippen LogP contribution in [0, 0.1) is 0 Å². The maximum absolute atomic E-state index is 6.23. The van der Waals surface area contributed by atoms with Crippen LogP contribution in [0.3, 0.4) is 0 Å². The van der Waals surface area contributed by atoms with E-state index in [-0.39, 0.29) is 6.04 Å². The van der Waals surface area contributed by atoms with Crippen molar-refractivity contribution >= 4 is 51.9 Å². The Bertz CT molecular complexity index is 614. The van der Waals surface area contributed by atoms with Gasteiger partial charge in [-0.05, 0) is 23.6 Å². The fraction of sp³-hybridized carbons (Fsp3) is 0.154. The lowest BCUT2D eigenvalue weighted by Gasteiger charge is -2.14. The minimum atomic E-state index is -0.00522. The first-order valence-corrected chi connectivity index (χ1v) is 7.67. The van der Waals surface area contributed by atoms with E-state index in [4.69, 9.17) is 34.8 Å². The van der Waals surface area contributed by atoms with Gasteiger partial charge in [0.15, 0.2) is 0 Å². The third kappa shape index (κ3) is 2.61. The summed E-state index contributed by atoms with van der Waals surface area (Å²) in [7, 11) is 0. The fourth-order valence-corrected chi connectivity index (χ4v) is 3.90. The smallest absolute Gasteiger partial charge is 0.0799 e. The predicted octanol–water partition coefficient (Wildman–Crippen LogP) is 5.15. The second-order valence-electron chi connectivity index (χ2n) is 4.20. The summed E-state index contributed by atoms with van der Waals surface area (Å²) < 4.78 is 0. The van der Waals surface area contributed by atoms with Crippen LogP contribution in [0.5, 0.6) is 0 Å². The Morgan fingerprint density at radius 3 is 2.58 bits per heavy atom. The molecule has 1 aromatic heterocycles. The minimum absolute atomic E-state index is 0.00522. The van der Waals surface area contributed by atoms with E-state index in [1.807, 2.05) is 11.4 Å². The second-order valence-corrected chi connectivity index (χ2v) is 6.40. The molecule has 0 aliphatic carbocycles. The Balaban J connectivity index is 1.87. The highest BCUT2D eigenvalue weighted by molar-refractivity contribution is 7.12. The van der Waals surface area contributed by atoms with E-state index < -0.39 is 0 Å². The lowest BCUT2D eigenvalue weighted by molar-refractivity contribution is 0.620. The van der Waals surface area contributed by atoms with Gasteiger partial charge in [-0.3, -0.25) is 0 Å². The molecular formula is C13H9Cl3N2S. The molecule has 0 spiro atoms. The van der Waals surface area contributed by atoms with Crippen molar-refractivity contribution in [3.8, 4) is 0 Å². The van der Waals surface area contributed by atoms with Gasteiger partial charge < -0.3 is 5.43 Å². The molecule has 0 radical (unpaired) electrons. The van der Waals surface area contributed by atoms with E-state index in [2.05, 4.69) is 16.6 Å². The maximum atomic E-state index is 6.23. The highest BCUT2D eigenvalue weighted by Crippen LogP contribution is 2.37. The lowest BCUT2D eigenvalue weighted by atomic mass is 10.0. The molecule has 0 fully saturated rings. The number of hydrazone groups is 1. The molecule has 2 nitrogen and oxygen atoms in total. The van der Waals surface area contributed by atoms with E-state index in [0.29, 0.717) is 15.1 Å². The molecule has 6 heteroatoms. The number of halogens is 3. The van der Waals surface area contributed by atoms with Gasteiger partial charge in [0, 0.05) is 27.1 Å². The van der Waals surface area contributed by atoms with Crippen LogP contribution < -0.4 is 5.43 Å². The summed E-state index contributed by atoms with van der Waals surface area (Å²) in [5.74, 6) is 0. The van der Waals surface area contributed by atoms with Crippen LogP contribution in [0.2, 0.25) is 15.1 Å². The minimum Gasteiger partial charge on any atom is -0.302 e. The first-order valence-electron chi connectivity index (χ1n) is 5.65. The van der Waals surface area contributed by atoms with Gasteiger partial charge in [-0.2, -0.15) is 5.10 Å². The molecule has 1 aliphatic rings. The summed E-state index contributed by atoms with van der Waals surface area (Å²) in [6.45, 7) is 0. The van der Waals surface area contributed by atoms with Gasteiger partial charge in [-0.25, -0.2) is 0 Å². The molecule has 98 valence electrons. The average Bonchev–Trinajstić information content (AvgIpc) is 2.97. The molecule has 1 unspecified atom stereocenters. The Morgan fingerprint density at radius 2 is 1.95 bits per heavy atom. The maximum Gasteiger partial charge on any atom is 0.0799 e. The number of hydrogen-bond donors (Lipinski definition) is 1. The van der Waals surface area contributed by atoms with Crippen LogP contribution in [0.4, 0.5) is 0 Å². The zero-order valence-corrected chi connectivity index (χ0v) is 12.7. The predicted molar refractivity (Wildman–Crippen MR) is 82.8 cm³/mol. The standard InChI is InChI=1S/C13H9Cl3N2S/c14-7-4-8(15)13(9(16)5-7)11-6-10(17-18-11)12-2-1-3-19-12/h1-5,11,18H,6H2. The first kappa shape index (κ1) is 13.3. The van der Waals surface area contributed by atoms with Crippen molar-refractivity contribution in [3.05, 3.63) is 55.2 Å². The lowest BCUT2D eigenvalue weighted by Crippen LogP contribution is -2.11. The summed E-state index contributed by atoms with van der Waals surface area (Å²) >= 11 is 20.1. The van der Waals surface area contributed by atoms with Crippen LogP contribution >= 0.6 is 46.1 Å². The highest BCUT2D eigenvalue weighted by atomic mass is 35.5. The van der Waals surface area contributed by atoms with Crippen molar-refractivity contribution in [2.75, 3.05) is 0 Å². The van der Waals surface area contributed by atoms with Gasteiger partial charge in [-0.1, -0.05) is 40.9 Å². The van der Waals surface area contributed by atoms with Gasteiger partial charge in [0.2, 0.25) is 0 Å². The molecule has 0 amide bonds. The van der Waals surface area contributed by atoms with Crippen LogP contribution in [-0.4, -0.2) is 5.71 Å². The second kappa shape index (κ2) is 5.33.